The average Bonchev–Trinajstić information content (AvgIpc) is 2.46. The molecule has 1 N–H and O–H groups in total. The van der Waals surface area contributed by atoms with Crippen LogP contribution in [0.2, 0.25) is 0 Å². The number of nitrogens with zero attached hydrogens (tertiary/aromatic N) is 2. The highest BCUT2D eigenvalue weighted by molar-refractivity contribution is 5.75. The fourth-order valence-corrected chi connectivity index (χ4v) is 1.17. The zero-order chi connectivity index (χ0) is 10.3. The molecule has 14 heavy (non-hydrogen) atoms. The summed E-state index contributed by atoms with van der Waals surface area (Å²) in [7, 11) is 0. The quantitative estimate of drug-likeness (QED) is 0.665. The van der Waals surface area contributed by atoms with E-state index in [9.17, 15) is 13.2 Å². The number of hydrogen-bond acceptors (Lipinski definition) is 2. The highest BCUT2D eigenvalue weighted by Gasteiger charge is 2.30. The predicted molar refractivity (Wildman–Crippen MR) is 41.9 cm³/mol. The molecule has 0 fully saturated rings. The normalized spacial score (nSPS) is 12.2. The zero-order valence-corrected chi connectivity index (χ0v) is 6.78. The second-order valence-electron chi connectivity index (χ2n) is 2.79. The van der Waals surface area contributed by atoms with E-state index in [-0.39, 0.29) is 5.52 Å². The number of hydrogen-bond donors (Lipinski definition) is 1. The van der Waals surface area contributed by atoms with Crippen LogP contribution in [-0.2, 0) is 6.18 Å². The number of aromatic nitrogens is 2. The summed E-state index contributed by atoms with van der Waals surface area (Å²) in [5.74, 6) is 0. The van der Waals surface area contributed by atoms with Crippen molar-refractivity contribution in [3.63, 3.8) is 0 Å². The standard InChI is InChI=1S/C8H5F3N2O/c9-8(10,11)5-1-2-6-7(3-5)13(14)4-12-6/h1-4,14H. The molecule has 0 amide bonds. The molecule has 1 aromatic carbocycles. The molecule has 0 unspecified atom stereocenters. The van der Waals surface area contributed by atoms with Crippen LogP contribution in [0.1, 0.15) is 5.56 Å². The third kappa shape index (κ3) is 1.28. The Morgan fingerprint density at radius 2 is 2.00 bits per heavy atom. The van der Waals surface area contributed by atoms with Gasteiger partial charge in [0.25, 0.3) is 0 Å². The first kappa shape index (κ1) is 8.86. The smallest absolute Gasteiger partial charge is 0.416 e. The monoisotopic (exact) mass is 202 g/mol. The second-order valence-corrected chi connectivity index (χ2v) is 2.79. The number of alkyl halides is 3. The molecule has 2 rings (SSSR count). The van der Waals surface area contributed by atoms with Gasteiger partial charge in [0.05, 0.1) is 11.1 Å². The second kappa shape index (κ2) is 2.63. The van der Waals surface area contributed by atoms with Crippen LogP contribution in [0.3, 0.4) is 0 Å². The number of benzene rings is 1. The molecule has 1 heterocycles. The van der Waals surface area contributed by atoms with Gasteiger partial charge in [-0.3, -0.25) is 0 Å². The van der Waals surface area contributed by atoms with E-state index >= 15 is 0 Å². The van der Waals surface area contributed by atoms with Gasteiger partial charge in [0.1, 0.15) is 11.8 Å². The van der Waals surface area contributed by atoms with Crippen molar-refractivity contribution >= 4 is 11.0 Å². The molecule has 74 valence electrons. The minimum atomic E-state index is -4.40. The molecule has 0 saturated carbocycles. The van der Waals surface area contributed by atoms with E-state index in [0.717, 1.165) is 18.5 Å². The number of rotatable bonds is 0. The first-order valence-corrected chi connectivity index (χ1v) is 3.72. The molecule has 2 aromatic rings. The Hall–Kier alpha value is -1.72. The van der Waals surface area contributed by atoms with Gasteiger partial charge in [-0.05, 0) is 18.2 Å². The highest BCUT2D eigenvalue weighted by Crippen LogP contribution is 2.30. The topological polar surface area (TPSA) is 38.0 Å². The number of halogens is 3. The van der Waals surface area contributed by atoms with Crippen molar-refractivity contribution in [2.45, 2.75) is 6.18 Å². The highest BCUT2D eigenvalue weighted by atomic mass is 19.4. The van der Waals surface area contributed by atoms with Crippen molar-refractivity contribution in [2.75, 3.05) is 0 Å². The average molecular weight is 202 g/mol. The van der Waals surface area contributed by atoms with E-state index in [0.29, 0.717) is 10.2 Å². The van der Waals surface area contributed by atoms with E-state index in [1.54, 1.807) is 0 Å². The number of imidazole rings is 1. The van der Waals surface area contributed by atoms with Gasteiger partial charge in [-0.25, -0.2) is 4.98 Å². The summed E-state index contributed by atoms with van der Waals surface area (Å²) < 4.78 is 37.3. The Morgan fingerprint density at radius 1 is 1.29 bits per heavy atom. The summed E-state index contributed by atoms with van der Waals surface area (Å²) in [6.45, 7) is 0. The SMILES string of the molecule is On1cnc2ccc(C(F)(F)F)cc21. The summed E-state index contributed by atoms with van der Waals surface area (Å²) in [5.41, 5.74) is -0.443. The molecule has 0 aliphatic heterocycles. The maximum Gasteiger partial charge on any atom is 0.416 e. The van der Waals surface area contributed by atoms with Gasteiger partial charge in [-0.15, -0.1) is 0 Å². The van der Waals surface area contributed by atoms with Gasteiger partial charge >= 0.3 is 6.18 Å². The van der Waals surface area contributed by atoms with Crippen molar-refractivity contribution in [1.82, 2.24) is 9.71 Å². The lowest BCUT2D eigenvalue weighted by molar-refractivity contribution is -0.137. The third-order valence-corrected chi connectivity index (χ3v) is 1.86. The summed E-state index contributed by atoms with van der Waals surface area (Å²) >= 11 is 0. The lowest BCUT2D eigenvalue weighted by Gasteiger charge is -2.05. The van der Waals surface area contributed by atoms with Gasteiger partial charge in [0, 0.05) is 0 Å². The predicted octanol–water partition coefficient (Wildman–Crippen LogP) is 2.29. The fourth-order valence-electron chi connectivity index (χ4n) is 1.17. The maximum absolute atomic E-state index is 12.2. The van der Waals surface area contributed by atoms with Crippen molar-refractivity contribution in [1.29, 1.82) is 0 Å². The van der Waals surface area contributed by atoms with Gasteiger partial charge in [-0.1, -0.05) is 0 Å². The van der Waals surface area contributed by atoms with Crippen molar-refractivity contribution in [2.24, 2.45) is 0 Å². The molecule has 0 atom stereocenters. The Labute approximate surface area is 76.4 Å². The molecule has 0 radical (unpaired) electrons. The van der Waals surface area contributed by atoms with Crippen LogP contribution in [0.4, 0.5) is 13.2 Å². The Morgan fingerprint density at radius 3 is 2.64 bits per heavy atom. The largest absolute Gasteiger partial charge is 0.427 e. The summed E-state index contributed by atoms with van der Waals surface area (Å²) in [4.78, 5) is 3.69. The Balaban J connectivity index is 2.66. The van der Waals surface area contributed by atoms with Crippen LogP contribution in [0, 0.1) is 0 Å². The molecule has 1 aromatic heterocycles. The van der Waals surface area contributed by atoms with Crippen molar-refractivity contribution in [3.05, 3.63) is 30.1 Å². The summed E-state index contributed by atoms with van der Waals surface area (Å²) in [6, 6.07) is 2.99. The van der Waals surface area contributed by atoms with Crippen LogP contribution in [0.5, 0.6) is 0 Å². The molecular formula is C8H5F3N2O. The Kier molecular flexibility index (Phi) is 1.67. The summed E-state index contributed by atoms with van der Waals surface area (Å²) in [5, 5.41) is 9.09. The van der Waals surface area contributed by atoms with Crippen molar-refractivity contribution < 1.29 is 18.4 Å². The van der Waals surface area contributed by atoms with E-state index in [2.05, 4.69) is 4.98 Å². The van der Waals surface area contributed by atoms with Gasteiger partial charge in [-0.2, -0.15) is 17.9 Å². The molecule has 0 aliphatic rings. The minimum absolute atomic E-state index is 0.0415. The molecule has 0 saturated heterocycles. The van der Waals surface area contributed by atoms with Crippen LogP contribution in [0.15, 0.2) is 24.5 Å². The maximum atomic E-state index is 12.2. The Bertz CT molecular complexity index is 475. The number of fused-ring (bicyclic) bond motifs is 1. The fraction of sp³-hybridized carbons (Fsp3) is 0.125. The summed E-state index contributed by atoms with van der Waals surface area (Å²) in [6.07, 6.45) is -3.36. The van der Waals surface area contributed by atoms with Crippen LogP contribution in [-0.4, -0.2) is 14.9 Å². The molecule has 0 aliphatic carbocycles. The lowest BCUT2D eigenvalue weighted by Crippen LogP contribution is -2.04. The first-order chi connectivity index (χ1) is 6.48. The molecule has 6 heteroatoms. The molecule has 0 bridgehead atoms. The van der Waals surface area contributed by atoms with Gasteiger partial charge in [0.2, 0.25) is 0 Å². The van der Waals surface area contributed by atoms with Crippen LogP contribution in [0.25, 0.3) is 11.0 Å². The van der Waals surface area contributed by atoms with E-state index in [1.165, 1.54) is 6.07 Å². The van der Waals surface area contributed by atoms with Crippen LogP contribution >= 0.6 is 0 Å². The lowest BCUT2D eigenvalue weighted by atomic mass is 10.2. The first-order valence-electron chi connectivity index (χ1n) is 3.72. The van der Waals surface area contributed by atoms with E-state index < -0.39 is 11.7 Å². The molecule has 3 nitrogen and oxygen atoms in total. The van der Waals surface area contributed by atoms with Crippen molar-refractivity contribution in [3.8, 4) is 0 Å². The zero-order valence-electron chi connectivity index (χ0n) is 6.78. The van der Waals surface area contributed by atoms with Crippen LogP contribution < -0.4 is 0 Å². The third-order valence-electron chi connectivity index (χ3n) is 1.86. The minimum Gasteiger partial charge on any atom is -0.427 e. The molecular weight excluding hydrogens is 197 g/mol. The van der Waals surface area contributed by atoms with Gasteiger partial charge in [0.15, 0.2) is 0 Å². The molecule has 0 spiro atoms. The van der Waals surface area contributed by atoms with E-state index in [4.69, 9.17) is 5.21 Å². The van der Waals surface area contributed by atoms with Gasteiger partial charge < -0.3 is 5.21 Å². The van der Waals surface area contributed by atoms with E-state index in [1.807, 2.05) is 0 Å².